The van der Waals surface area contributed by atoms with Gasteiger partial charge in [-0.2, -0.15) is 4.98 Å². The van der Waals surface area contributed by atoms with Gasteiger partial charge in [0.1, 0.15) is 5.69 Å². The number of pyridine rings is 1. The molecule has 2 atom stereocenters. The molecule has 1 saturated carbocycles. The van der Waals surface area contributed by atoms with Gasteiger partial charge in [0.2, 0.25) is 11.7 Å². The lowest BCUT2D eigenvalue weighted by atomic mass is 10.1. The summed E-state index contributed by atoms with van der Waals surface area (Å²) in [4.78, 5) is 19.6. The molecule has 0 amide bonds. The van der Waals surface area contributed by atoms with Gasteiger partial charge < -0.3 is 9.63 Å². The number of hydrogen-bond donors (Lipinski definition) is 1. The third-order valence-electron chi connectivity index (χ3n) is 3.59. The average molecular weight is 417 g/mol. The van der Waals surface area contributed by atoms with E-state index in [0.717, 1.165) is 15.4 Å². The highest BCUT2D eigenvalue weighted by atomic mass is 79.9. The second-order valence-electron chi connectivity index (χ2n) is 4.99. The highest BCUT2D eigenvalue weighted by molar-refractivity contribution is 9.11. The van der Waals surface area contributed by atoms with Gasteiger partial charge in [-0.3, -0.25) is 9.78 Å². The number of carbonyl (C=O) groups is 1. The molecular formula is C13H11Br2N3O3. The van der Waals surface area contributed by atoms with Gasteiger partial charge in [0, 0.05) is 21.1 Å². The van der Waals surface area contributed by atoms with Crippen molar-refractivity contribution in [1.82, 2.24) is 15.1 Å². The van der Waals surface area contributed by atoms with Gasteiger partial charge in [-0.25, -0.2) is 0 Å². The van der Waals surface area contributed by atoms with E-state index in [2.05, 4.69) is 47.0 Å². The van der Waals surface area contributed by atoms with E-state index in [1.54, 1.807) is 6.20 Å². The van der Waals surface area contributed by atoms with Crippen LogP contribution in [0.4, 0.5) is 0 Å². The van der Waals surface area contributed by atoms with E-state index in [9.17, 15) is 4.79 Å². The quantitative estimate of drug-likeness (QED) is 0.821. The Balaban J connectivity index is 1.82. The zero-order chi connectivity index (χ0) is 15.0. The van der Waals surface area contributed by atoms with Gasteiger partial charge >= 0.3 is 5.97 Å². The van der Waals surface area contributed by atoms with Crippen LogP contribution in [0.25, 0.3) is 11.5 Å². The first-order valence-corrected chi connectivity index (χ1v) is 8.01. The normalized spacial score (nSPS) is 21.6. The lowest BCUT2D eigenvalue weighted by Crippen LogP contribution is -2.09. The fourth-order valence-electron chi connectivity index (χ4n) is 2.51. The van der Waals surface area contributed by atoms with E-state index in [-0.39, 0.29) is 11.8 Å². The number of rotatable bonds is 3. The van der Waals surface area contributed by atoms with Gasteiger partial charge in [-0.05, 0) is 57.2 Å². The van der Waals surface area contributed by atoms with E-state index in [0.29, 0.717) is 30.3 Å². The summed E-state index contributed by atoms with van der Waals surface area (Å²) in [5.74, 6) is -0.160. The summed E-state index contributed by atoms with van der Waals surface area (Å²) in [6.45, 7) is 0. The molecule has 0 spiro atoms. The van der Waals surface area contributed by atoms with Crippen molar-refractivity contribution in [3.63, 3.8) is 0 Å². The monoisotopic (exact) mass is 415 g/mol. The summed E-state index contributed by atoms with van der Waals surface area (Å²) in [6, 6.07) is 1.86. The fourth-order valence-corrected chi connectivity index (χ4v) is 3.67. The van der Waals surface area contributed by atoms with Crippen molar-refractivity contribution in [2.45, 2.75) is 25.2 Å². The van der Waals surface area contributed by atoms with Gasteiger partial charge in [-0.1, -0.05) is 5.16 Å². The molecule has 6 nitrogen and oxygen atoms in total. The van der Waals surface area contributed by atoms with E-state index in [4.69, 9.17) is 9.63 Å². The number of nitrogens with zero attached hydrogens (tertiary/aromatic N) is 3. The van der Waals surface area contributed by atoms with Crippen molar-refractivity contribution in [3.05, 3.63) is 27.1 Å². The van der Waals surface area contributed by atoms with Crippen LogP contribution in [0.5, 0.6) is 0 Å². The maximum atomic E-state index is 11.0. The van der Waals surface area contributed by atoms with Crippen LogP contribution in [0, 0.1) is 5.92 Å². The Kier molecular flexibility index (Phi) is 4.08. The second kappa shape index (κ2) is 5.84. The lowest BCUT2D eigenvalue weighted by molar-refractivity contribution is -0.141. The van der Waals surface area contributed by atoms with Crippen molar-refractivity contribution in [2.24, 2.45) is 5.92 Å². The third-order valence-corrected chi connectivity index (χ3v) is 4.63. The zero-order valence-corrected chi connectivity index (χ0v) is 14.0. The van der Waals surface area contributed by atoms with E-state index in [1.807, 2.05) is 6.07 Å². The number of carboxylic acid groups (broad SMARTS) is 1. The van der Waals surface area contributed by atoms with Gasteiger partial charge in [-0.15, -0.1) is 0 Å². The largest absolute Gasteiger partial charge is 0.481 e. The first kappa shape index (κ1) is 14.6. The maximum absolute atomic E-state index is 11.0. The van der Waals surface area contributed by atoms with Crippen LogP contribution >= 0.6 is 31.9 Å². The molecule has 2 heterocycles. The summed E-state index contributed by atoms with van der Waals surface area (Å²) >= 11 is 6.75. The third kappa shape index (κ3) is 3.01. The molecule has 8 heteroatoms. The molecule has 21 heavy (non-hydrogen) atoms. The van der Waals surface area contributed by atoms with E-state index in [1.165, 1.54) is 0 Å². The predicted octanol–water partition coefficient (Wildman–Crippen LogP) is 3.62. The zero-order valence-electron chi connectivity index (χ0n) is 10.8. The van der Waals surface area contributed by atoms with E-state index < -0.39 is 5.97 Å². The fraction of sp³-hybridized carbons (Fsp3) is 0.385. The smallest absolute Gasteiger partial charge is 0.306 e. The summed E-state index contributed by atoms with van der Waals surface area (Å²) in [5.41, 5.74) is 0.598. The highest BCUT2D eigenvalue weighted by Crippen LogP contribution is 2.38. The van der Waals surface area contributed by atoms with Crippen molar-refractivity contribution in [1.29, 1.82) is 0 Å². The molecule has 0 saturated heterocycles. The molecule has 1 N–H and O–H groups in total. The Morgan fingerprint density at radius 3 is 2.86 bits per heavy atom. The van der Waals surface area contributed by atoms with Crippen molar-refractivity contribution >= 4 is 37.8 Å². The molecule has 0 aliphatic heterocycles. The minimum Gasteiger partial charge on any atom is -0.481 e. The van der Waals surface area contributed by atoms with Crippen molar-refractivity contribution in [3.8, 4) is 11.5 Å². The minimum absolute atomic E-state index is 0.0153. The predicted molar refractivity (Wildman–Crippen MR) is 80.6 cm³/mol. The van der Waals surface area contributed by atoms with Crippen LogP contribution in [0.15, 0.2) is 25.7 Å². The summed E-state index contributed by atoms with van der Waals surface area (Å²) in [5, 5.41) is 13.0. The van der Waals surface area contributed by atoms with Crippen LogP contribution in [0.1, 0.15) is 31.1 Å². The average Bonchev–Trinajstić information content (AvgIpc) is 3.07. The molecular weight excluding hydrogens is 406 g/mol. The standard InChI is InChI=1S/C13H11Br2N3O3/c14-8-4-9(15)10(16-5-8)11-17-12(21-18-11)6-1-2-7(3-6)13(19)20/h4-7H,1-3H2,(H,19,20). The Morgan fingerprint density at radius 2 is 2.19 bits per heavy atom. The van der Waals surface area contributed by atoms with Crippen LogP contribution < -0.4 is 0 Å². The molecule has 2 aromatic heterocycles. The van der Waals surface area contributed by atoms with Crippen LogP contribution in [0.2, 0.25) is 0 Å². The number of hydrogen-bond acceptors (Lipinski definition) is 5. The molecule has 0 bridgehead atoms. The van der Waals surface area contributed by atoms with Crippen molar-refractivity contribution in [2.75, 3.05) is 0 Å². The first-order valence-electron chi connectivity index (χ1n) is 6.42. The maximum Gasteiger partial charge on any atom is 0.306 e. The Labute approximate surface area is 137 Å². The van der Waals surface area contributed by atoms with Crippen molar-refractivity contribution < 1.29 is 14.4 Å². The Bertz CT molecular complexity index is 689. The molecule has 3 rings (SSSR count). The van der Waals surface area contributed by atoms with Crippen LogP contribution in [0.3, 0.4) is 0 Å². The summed E-state index contributed by atoms with van der Waals surface area (Å²) < 4.78 is 6.90. The van der Waals surface area contributed by atoms with Crippen LogP contribution in [-0.2, 0) is 4.79 Å². The number of halogens is 2. The van der Waals surface area contributed by atoms with E-state index >= 15 is 0 Å². The SMILES string of the molecule is O=C(O)C1CCC(c2nc(-c3ncc(Br)cc3Br)no2)C1. The number of aromatic nitrogens is 3. The highest BCUT2D eigenvalue weighted by Gasteiger charge is 2.34. The summed E-state index contributed by atoms with van der Waals surface area (Å²) in [7, 11) is 0. The molecule has 2 unspecified atom stereocenters. The molecule has 2 aromatic rings. The number of carboxylic acids is 1. The van der Waals surface area contributed by atoms with Gasteiger partial charge in [0.15, 0.2) is 0 Å². The van der Waals surface area contributed by atoms with Gasteiger partial charge in [0.05, 0.1) is 5.92 Å². The second-order valence-corrected chi connectivity index (χ2v) is 6.76. The molecule has 1 aliphatic rings. The van der Waals surface area contributed by atoms with Gasteiger partial charge in [0.25, 0.3) is 0 Å². The summed E-state index contributed by atoms with van der Waals surface area (Å²) in [6.07, 6.45) is 3.61. The topological polar surface area (TPSA) is 89.1 Å². The Morgan fingerprint density at radius 1 is 1.38 bits per heavy atom. The lowest BCUT2D eigenvalue weighted by Gasteiger charge is -2.02. The molecule has 1 aliphatic carbocycles. The molecule has 1 fully saturated rings. The van der Waals surface area contributed by atoms with Crippen LogP contribution in [-0.4, -0.2) is 26.2 Å². The molecule has 0 aromatic carbocycles. The number of aliphatic carboxylic acids is 1. The first-order chi connectivity index (χ1) is 10.0. The minimum atomic E-state index is -0.755. The molecule has 0 radical (unpaired) electrons. The molecule has 110 valence electrons. The Hall–Kier alpha value is -1.28.